The molecule has 2 saturated heterocycles. The number of hydrogen-bond acceptors (Lipinski definition) is 21. The normalized spacial score (nSPS) is 17.5. The van der Waals surface area contributed by atoms with Crippen molar-refractivity contribution < 1.29 is 112 Å². The molecule has 6 aliphatic rings. The van der Waals surface area contributed by atoms with Crippen molar-refractivity contribution in [2.75, 3.05) is 105 Å². The fourth-order valence-corrected chi connectivity index (χ4v) is 19.8. The Morgan fingerprint density at radius 3 is 0.652 bits per heavy atom. The first-order valence-electron chi connectivity index (χ1n) is 44.4. The van der Waals surface area contributed by atoms with E-state index in [-0.39, 0.29) is 111 Å². The number of nitrogens with zero attached hydrogens (tertiary/aromatic N) is 6. The SMILES string of the molecule is O=C1N2Cc3c4ccc5c3CN3C(=O)N6Cc7c(ccc(c7CN1C6(c1ccccc1)C23c1ccccc1)OCCOCCN(Cc1ccc(OP(Oc2ccccc2)Oc2ccccc2)cc1)CCOCCO4)OCCOCCN(Cc1ccc(OP(Oc2ccccc2)Oc2ccccc2)cc1)CCOCCO5.[C-]#[O+].[Rh].c1ccc(OP(Oc2ccccc2)Oc2ccccc2)cc1. The van der Waals surface area contributed by atoms with Crippen molar-refractivity contribution in [2.24, 2.45) is 0 Å². The van der Waals surface area contributed by atoms with E-state index in [4.69, 9.17) is 83.3 Å². The molecule has 19 rings (SSSR count). The van der Waals surface area contributed by atoms with Crippen molar-refractivity contribution in [3.05, 3.63) is 397 Å². The van der Waals surface area contributed by atoms with Crippen LogP contribution in [0.5, 0.6) is 74.7 Å². The Balaban J connectivity index is 0.000000461. The predicted octanol–water partition coefficient (Wildman–Crippen LogP) is 21.1. The van der Waals surface area contributed by atoms with Gasteiger partial charge in [0, 0.05) is 92.1 Å². The molecule has 8 bridgehead atoms. The van der Waals surface area contributed by atoms with Crippen molar-refractivity contribution in [1.29, 1.82) is 0 Å². The maximum atomic E-state index is 16.7. The molecule has 26 nitrogen and oxygen atoms in total. The Labute approximate surface area is 802 Å². The summed E-state index contributed by atoms with van der Waals surface area (Å²) in [7, 11) is -5.30. The molecule has 30 heteroatoms. The fourth-order valence-electron chi connectivity index (χ4n) is 16.9. The zero-order chi connectivity index (χ0) is 91.4. The van der Waals surface area contributed by atoms with Crippen LogP contribution in [0.1, 0.15) is 44.5 Å². The van der Waals surface area contributed by atoms with Crippen molar-refractivity contribution in [3.63, 3.8) is 0 Å². The number of urea groups is 2. The van der Waals surface area contributed by atoms with Gasteiger partial charge in [0.2, 0.25) is 0 Å². The van der Waals surface area contributed by atoms with E-state index in [1.807, 2.05) is 365 Å². The third-order valence-electron chi connectivity index (χ3n) is 22.9. The number of amides is 4. The minimum atomic E-state index is -1.85. The van der Waals surface area contributed by atoms with Crippen LogP contribution in [0.3, 0.4) is 0 Å². The third-order valence-corrected chi connectivity index (χ3v) is 26.1. The first kappa shape index (κ1) is 95.4. The average molecular weight is 1960 g/mol. The molecule has 13 aromatic rings. The Morgan fingerprint density at radius 1 is 0.252 bits per heavy atom. The number of benzene rings is 13. The van der Waals surface area contributed by atoms with Gasteiger partial charge in [-0.2, -0.15) is 0 Å². The van der Waals surface area contributed by atoms with Crippen molar-refractivity contribution in [2.45, 2.75) is 50.6 Å². The van der Waals surface area contributed by atoms with E-state index in [2.05, 4.69) is 16.5 Å². The summed E-state index contributed by atoms with van der Waals surface area (Å²) >= 11 is 0. The molecule has 0 saturated carbocycles. The maximum Gasteiger partial charge on any atom is 0.530 e. The van der Waals surface area contributed by atoms with E-state index in [1.54, 1.807) is 0 Å². The molecule has 6 aliphatic heterocycles. The van der Waals surface area contributed by atoms with Gasteiger partial charge >= 0.3 is 49.2 Å². The molecule has 4 amide bonds. The molecule has 0 aromatic heterocycles. The van der Waals surface area contributed by atoms with Crippen LogP contribution in [0.15, 0.2) is 346 Å². The third kappa shape index (κ3) is 23.6. The second-order valence-electron chi connectivity index (χ2n) is 31.4. The van der Waals surface area contributed by atoms with Gasteiger partial charge in [-0.3, -0.25) is 29.4 Å². The second-order valence-corrected chi connectivity index (χ2v) is 34.4. The summed E-state index contributed by atoms with van der Waals surface area (Å²) in [5.74, 6) is 8.02. The van der Waals surface area contributed by atoms with Gasteiger partial charge in [0.05, 0.1) is 79.0 Å². The average Bonchev–Trinajstić information content (AvgIpc) is 1.46. The smallest absolute Gasteiger partial charge is 0.409 e. The van der Waals surface area contributed by atoms with Crippen LogP contribution in [0.25, 0.3) is 0 Å². The molecule has 13 aromatic carbocycles. The molecule has 0 unspecified atom stereocenters. The number of hydrogen-bond donors (Lipinski definition) is 0. The van der Waals surface area contributed by atoms with Crippen LogP contribution in [-0.2, 0) is 93.7 Å². The summed E-state index contributed by atoms with van der Waals surface area (Å²) in [5, 5.41) is 0. The molecule has 2 fully saturated rings. The number of carbonyl (C=O) groups is 2. The molecular weight excluding hydrogens is 1860 g/mol. The van der Waals surface area contributed by atoms with E-state index in [9.17, 15) is 0 Å². The van der Waals surface area contributed by atoms with Crippen LogP contribution in [-0.4, -0.2) is 147 Å². The van der Waals surface area contributed by atoms with Gasteiger partial charge in [0.15, 0.2) is 11.3 Å². The Bertz CT molecular complexity index is 5310. The monoisotopic (exact) mass is 1960 g/mol. The zero-order valence-corrected chi connectivity index (χ0v) is 78.3. The summed E-state index contributed by atoms with van der Waals surface area (Å²) in [5.41, 5.74) is 3.47. The molecule has 6 heterocycles. The first-order chi connectivity index (χ1) is 66.2. The second kappa shape index (κ2) is 47.9. The van der Waals surface area contributed by atoms with Gasteiger partial charge in [-0.1, -0.05) is 212 Å². The van der Waals surface area contributed by atoms with E-state index in [0.717, 1.165) is 22.3 Å². The van der Waals surface area contributed by atoms with E-state index < -0.39 is 37.1 Å². The van der Waals surface area contributed by atoms with Crippen LogP contribution >= 0.6 is 25.8 Å². The van der Waals surface area contributed by atoms with Crippen LogP contribution < -0.4 is 59.7 Å². The summed E-state index contributed by atoms with van der Waals surface area (Å²) in [6.45, 7) is 11.5. The Kier molecular flexibility index (Phi) is 33.8. The van der Waals surface area contributed by atoms with Gasteiger partial charge in [-0.25, -0.2) is 9.59 Å². The molecular formula is C105H101N6O20P3Rh. The minimum Gasteiger partial charge on any atom is -0.409 e. The first-order valence-corrected chi connectivity index (χ1v) is 47.6. The topological polar surface area (TPSA) is 230 Å². The molecule has 0 N–H and O–H groups in total. The number of ether oxygens (including phenoxy) is 8. The molecule has 0 aliphatic carbocycles. The quantitative estimate of drug-likeness (QED) is 0.0237. The maximum absolute atomic E-state index is 16.7. The largest absolute Gasteiger partial charge is 0.530 e. The minimum absolute atomic E-state index is 0. The number of carbonyl (C=O) groups excluding carboxylic acids is 2. The fraction of sp³-hybridized carbons (Fsp3) is 0.229. The Hall–Kier alpha value is -12.8. The van der Waals surface area contributed by atoms with Crippen LogP contribution in [0.4, 0.5) is 9.59 Å². The summed E-state index contributed by atoms with van der Waals surface area (Å²) in [6, 6.07) is 109. The van der Waals surface area contributed by atoms with Crippen molar-refractivity contribution in [3.8, 4) is 74.7 Å². The molecule has 1 radical (unpaired) electrons. The van der Waals surface area contributed by atoms with Crippen LogP contribution in [0, 0.1) is 6.65 Å². The van der Waals surface area contributed by atoms with Gasteiger partial charge in [0.25, 0.3) is 0 Å². The van der Waals surface area contributed by atoms with Gasteiger partial charge in [0.1, 0.15) is 101 Å². The Morgan fingerprint density at radius 2 is 0.444 bits per heavy atom. The summed E-state index contributed by atoms with van der Waals surface area (Å²) in [6.07, 6.45) is 0. The molecule has 0 spiro atoms. The zero-order valence-electron chi connectivity index (χ0n) is 74.0. The standard InChI is InChI=1S/C86H86N6O16P2.C18H15O3P.CO.Rh/c93-83-89-61-75-76-62-90-84(94)92-64-78-77(63-91(83)86(92,68-21-9-2-10-22-68)85(89,90)67-19-7-1-8-20-67)81-41-42-82(78)102-58-54-98-50-46-88(60-66-33-37-74(38-34-66)108-110(105-71-27-15-5-16-28-71)106-72-29-17-6-18-30-72)44-48-96-52-56-100-80(76)40-39-79(75)99-55-51-95-47-43-87(45-49-97-53-57-101-81)59-65-31-35-73(36-32-65)107-109(103-69-23-11-3-12-24-69)104-70-25-13-4-14-26-70;1-4-10-16(11-5-1)19-22(20-17-12-6-2-7-13-17)21-18-14-8-3-9-15-18;1-2;/h1-42H,43-64H2;1-15H;;. The summed E-state index contributed by atoms with van der Waals surface area (Å²) < 4.78 is 116. The number of para-hydroxylation sites is 7. The van der Waals surface area contributed by atoms with Crippen molar-refractivity contribution in [1.82, 2.24) is 29.4 Å². The van der Waals surface area contributed by atoms with E-state index in [0.29, 0.717) is 163 Å². The van der Waals surface area contributed by atoms with Gasteiger partial charge < -0.3 is 78.6 Å². The predicted molar refractivity (Wildman–Crippen MR) is 506 cm³/mol. The van der Waals surface area contributed by atoms with E-state index in [1.165, 1.54) is 0 Å². The van der Waals surface area contributed by atoms with E-state index >= 15 is 9.59 Å². The molecule has 135 heavy (non-hydrogen) atoms. The number of rotatable bonds is 24. The van der Waals surface area contributed by atoms with Gasteiger partial charge in [-0.15, -0.1) is 0 Å². The molecule has 695 valence electrons. The van der Waals surface area contributed by atoms with Gasteiger partial charge in [-0.05, 0) is 145 Å². The molecule has 0 atom stereocenters. The van der Waals surface area contributed by atoms with Crippen molar-refractivity contribution >= 4 is 37.9 Å². The van der Waals surface area contributed by atoms with Crippen LogP contribution in [0.2, 0.25) is 0 Å². The summed E-state index contributed by atoms with van der Waals surface area (Å²) in [4.78, 5) is 45.6.